The van der Waals surface area contributed by atoms with Crippen LogP contribution in [0.25, 0.3) is 0 Å². The monoisotopic (exact) mass is 312 g/mol. The Morgan fingerprint density at radius 3 is 2.67 bits per heavy atom. The van der Waals surface area contributed by atoms with Crippen molar-refractivity contribution in [3.63, 3.8) is 0 Å². The summed E-state index contributed by atoms with van der Waals surface area (Å²) in [5.41, 5.74) is 10.3. The zero-order valence-corrected chi connectivity index (χ0v) is 13.1. The molecule has 0 aliphatic carbocycles. The van der Waals surface area contributed by atoms with Crippen LogP contribution in [0.5, 0.6) is 0 Å². The number of hydrogen-bond donors (Lipinski definition) is 2. The molecule has 0 saturated carbocycles. The van der Waals surface area contributed by atoms with E-state index in [4.69, 9.17) is 22.1 Å². The molecule has 1 aromatic carbocycles. The molecule has 116 valence electrons. The minimum Gasteiger partial charge on any atom is -0.462 e. The number of nitrogens with two attached hydrogens (primary N) is 1. The maximum Gasteiger partial charge on any atom is 0.340 e. The maximum absolute atomic E-state index is 12.1. The number of likely N-dealkylation sites (N-methyl/N-ethyl adjacent to an activating group) is 1. The van der Waals surface area contributed by atoms with Gasteiger partial charge in [0.2, 0.25) is 0 Å². The molecule has 3 N–H and O–H groups in total. The third-order valence-corrected chi connectivity index (χ3v) is 3.68. The van der Waals surface area contributed by atoms with Gasteiger partial charge in [-0.05, 0) is 26.1 Å². The van der Waals surface area contributed by atoms with E-state index < -0.39 is 5.97 Å². The van der Waals surface area contributed by atoms with Gasteiger partial charge in [-0.1, -0.05) is 11.6 Å². The van der Waals surface area contributed by atoms with E-state index in [1.165, 1.54) is 0 Å². The van der Waals surface area contributed by atoms with Gasteiger partial charge in [-0.15, -0.1) is 0 Å². The molecule has 0 unspecified atom stereocenters. The predicted octanol–water partition coefficient (Wildman–Crippen LogP) is 1.67. The normalized spacial score (nSPS) is 16.7. The lowest BCUT2D eigenvalue weighted by Crippen LogP contribution is -2.47. The second kappa shape index (κ2) is 6.98. The van der Waals surface area contributed by atoms with Crippen molar-refractivity contribution in [3.05, 3.63) is 22.7 Å². The molecule has 0 atom stereocenters. The Bertz CT molecular complexity index is 516. The molecule has 1 saturated heterocycles. The summed E-state index contributed by atoms with van der Waals surface area (Å²) in [6.07, 6.45) is 0. The van der Waals surface area contributed by atoms with Crippen LogP contribution in [0.15, 0.2) is 12.1 Å². The highest BCUT2D eigenvalue weighted by atomic mass is 35.5. The number of esters is 1. The van der Waals surface area contributed by atoms with E-state index >= 15 is 0 Å². The first-order valence-electron chi connectivity index (χ1n) is 6.97. The molecule has 2 rings (SSSR count). The van der Waals surface area contributed by atoms with E-state index in [0.717, 1.165) is 26.2 Å². The average molecular weight is 313 g/mol. The molecule has 0 spiro atoms. The van der Waals surface area contributed by atoms with E-state index in [0.29, 0.717) is 28.6 Å². The number of piperazine rings is 1. The van der Waals surface area contributed by atoms with Crippen LogP contribution >= 0.6 is 11.6 Å². The maximum atomic E-state index is 12.1. The van der Waals surface area contributed by atoms with Crippen LogP contribution in [0.1, 0.15) is 17.3 Å². The molecule has 0 bridgehead atoms. The molecule has 21 heavy (non-hydrogen) atoms. The molecular weight excluding hydrogens is 292 g/mol. The first kappa shape index (κ1) is 15.9. The van der Waals surface area contributed by atoms with Crippen molar-refractivity contribution in [2.45, 2.75) is 6.92 Å². The molecule has 1 aromatic rings. The Balaban J connectivity index is 2.22. The number of hydrogen-bond acceptors (Lipinski definition) is 6. The van der Waals surface area contributed by atoms with E-state index in [2.05, 4.69) is 17.4 Å². The van der Waals surface area contributed by atoms with Crippen molar-refractivity contribution in [2.75, 3.05) is 51.0 Å². The SMILES string of the molecule is CCOC(=O)c1cc(N)cc(Cl)c1NN1CCN(C)CC1. The summed E-state index contributed by atoms with van der Waals surface area (Å²) in [6.45, 7) is 5.67. The average Bonchev–Trinajstić information content (AvgIpc) is 2.44. The lowest BCUT2D eigenvalue weighted by Gasteiger charge is -2.33. The van der Waals surface area contributed by atoms with Gasteiger partial charge in [0.15, 0.2) is 0 Å². The number of hydrazine groups is 1. The van der Waals surface area contributed by atoms with Crippen molar-refractivity contribution < 1.29 is 9.53 Å². The zero-order valence-electron chi connectivity index (χ0n) is 12.4. The number of ether oxygens (including phenoxy) is 1. The predicted molar refractivity (Wildman–Crippen MR) is 84.5 cm³/mol. The first-order chi connectivity index (χ1) is 10.0. The summed E-state index contributed by atoms with van der Waals surface area (Å²) in [5.74, 6) is -0.427. The van der Waals surface area contributed by atoms with Gasteiger partial charge in [0.25, 0.3) is 0 Å². The molecule has 0 amide bonds. The summed E-state index contributed by atoms with van der Waals surface area (Å²) < 4.78 is 5.06. The van der Waals surface area contributed by atoms with Gasteiger partial charge in [0.1, 0.15) is 0 Å². The molecule has 6 nitrogen and oxygen atoms in total. The number of nitrogen functional groups attached to an aromatic ring is 1. The molecule has 1 aliphatic rings. The number of carbonyl (C=O) groups excluding carboxylic acids is 1. The summed E-state index contributed by atoms with van der Waals surface area (Å²) in [7, 11) is 2.08. The fourth-order valence-corrected chi connectivity index (χ4v) is 2.46. The van der Waals surface area contributed by atoms with Crippen LogP contribution in [0, 0.1) is 0 Å². The van der Waals surface area contributed by atoms with Crippen molar-refractivity contribution in [1.29, 1.82) is 0 Å². The second-order valence-electron chi connectivity index (χ2n) is 5.05. The smallest absolute Gasteiger partial charge is 0.340 e. The molecular formula is C14H21ClN4O2. The summed E-state index contributed by atoms with van der Waals surface area (Å²) >= 11 is 6.24. The summed E-state index contributed by atoms with van der Waals surface area (Å²) in [6, 6.07) is 3.21. The Kier molecular flexibility index (Phi) is 5.27. The lowest BCUT2D eigenvalue weighted by molar-refractivity contribution is 0.0527. The fraction of sp³-hybridized carbons (Fsp3) is 0.500. The topological polar surface area (TPSA) is 70.8 Å². The van der Waals surface area contributed by atoms with Crippen LogP contribution in [0.4, 0.5) is 11.4 Å². The molecule has 1 heterocycles. The third kappa shape index (κ3) is 4.00. The number of nitrogens with zero attached hydrogens (tertiary/aromatic N) is 2. The Hall–Kier alpha value is -1.50. The van der Waals surface area contributed by atoms with Crippen molar-refractivity contribution in [3.8, 4) is 0 Å². The summed E-state index contributed by atoms with van der Waals surface area (Å²) in [4.78, 5) is 14.3. The van der Waals surface area contributed by atoms with Gasteiger partial charge in [-0.25, -0.2) is 9.80 Å². The molecule has 0 aromatic heterocycles. The number of halogens is 1. The van der Waals surface area contributed by atoms with Crippen LogP contribution in [-0.4, -0.2) is 55.7 Å². The van der Waals surface area contributed by atoms with Gasteiger partial charge < -0.3 is 20.8 Å². The second-order valence-corrected chi connectivity index (χ2v) is 5.46. The lowest BCUT2D eigenvalue weighted by atomic mass is 10.1. The number of carbonyl (C=O) groups is 1. The number of nitrogens with one attached hydrogen (secondary N) is 1. The molecule has 0 radical (unpaired) electrons. The van der Waals surface area contributed by atoms with E-state index in [1.54, 1.807) is 19.1 Å². The van der Waals surface area contributed by atoms with Crippen LogP contribution in [0.2, 0.25) is 5.02 Å². The Morgan fingerprint density at radius 1 is 1.38 bits per heavy atom. The molecule has 1 aliphatic heterocycles. The van der Waals surface area contributed by atoms with Gasteiger partial charge in [0.05, 0.1) is 22.9 Å². The molecule has 1 fully saturated rings. The number of anilines is 2. The quantitative estimate of drug-likeness (QED) is 0.651. The largest absolute Gasteiger partial charge is 0.462 e. The Labute approximate surface area is 129 Å². The standard InChI is InChI=1S/C14H21ClN4O2/c1-3-21-14(20)11-8-10(16)9-12(15)13(11)17-19-6-4-18(2)5-7-19/h8-9,17H,3-7,16H2,1-2H3. The minimum atomic E-state index is -0.427. The van der Waals surface area contributed by atoms with Gasteiger partial charge in [0, 0.05) is 31.9 Å². The van der Waals surface area contributed by atoms with E-state index in [9.17, 15) is 4.79 Å². The molecule has 7 heteroatoms. The van der Waals surface area contributed by atoms with E-state index in [-0.39, 0.29) is 0 Å². The van der Waals surface area contributed by atoms with E-state index in [1.807, 2.05) is 5.01 Å². The van der Waals surface area contributed by atoms with Crippen LogP contribution < -0.4 is 11.2 Å². The fourth-order valence-electron chi connectivity index (χ4n) is 2.19. The minimum absolute atomic E-state index is 0.305. The number of benzene rings is 1. The zero-order chi connectivity index (χ0) is 15.4. The highest BCUT2D eigenvalue weighted by Crippen LogP contribution is 2.30. The Morgan fingerprint density at radius 2 is 2.05 bits per heavy atom. The number of rotatable bonds is 4. The third-order valence-electron chi connectivity index (χ3n) is 3.38. The highest BCUT2D eigenvalue weighted by Gasteiger charge is 2.20. The van der Waals surface area contributed by atoms with Crippen molar-refractivity contribution in [2.24, 2.45) is 0 Å². The van der Waals surface area contributed by atoms with Crippen LogP contribution in [0.3, 0.4) is 0 Å². The summed E-state index contributed by atoms with van der Waals surface area (Å²) in [5, 5.41) is 2.46. The van der Waals surface area contributed by atoms with Gasteiger partial charge in [-0.2, -0.15) is 0 Å². The highest BCUT2D eigenvalue weighted by molar-refractivity contribution is 6.34. The van der Waals surface area contributed by atoms with Gasteiger partial charge >= 0.3 is 5.97 Å². The van der Waals surface area contributed by atoms with Crippen molar-refractivity contribution in [1.82, 2.24) is 9.91 Å². The first-order valence-corrected chi connectivity index (χ1v) is 7.35. The van der Waals surface area contributed by atoms with Gasteiger partial charge in [-0.3, -0.25) is 0 Å². The van der Waals surface area contributed by atoms with Crippen molar-refractivity contribution >= 4 is 28.9 Å². The van der Waals surface area contributed by atoms with Crippen LogP contribution in [-0.2, 0) is 4.74 Å².